The third-order valence-electron chi connectivity index (χ3n) is 5.57. The number of benzene rings is 3. The summed E-state index contributed by atoms with van der Waals surface area (Å²) in [7, 11) is 0. The molecule has 1 aliphatic heterocycles. The highest BCUT2D eigenvalue weighted by Gasteiger charge is 2.25. The lowest BCUT2D eigenvalue weighted by Gasteiger charge is -2.36. The lowest BCUT2D eigenvalue weighted by Crippen LogP contribution is -2.48. The van der Waals surface area contributed by atoms with Crippen LogP contribution in [0.2, 0.25) is 0 Å². The van der Waals surface area contributed by atoms with Crippen molar-refractivity contribution in [1.29, 1.82) is 0 Å². The van der Waals surface area contributed by atoms with E-state index in [2.05, 4.69) is 22.3 Å². The molecule has 1 heterocycles. The van der Waals surface area contributed by atoms with Gasteiger partial charge in [0.2, 0.25) is 0 Å². The van der Waals surface area contributed by atoms with Crippen LogP contribution in [0.15, 0.2) is 66.7 Å². The molecule has 1 N–H and O–H groups in total. The molecule has 32 heavy (non-hydrogen) atoms. The molecular weight excluding hydrogens is 402 g/mol. The molecule has 0 unspecified atom stereocenters. The number of amides is 2. The van der Waals surface area contributed by atoms with Crippen molar-refractivity contribution in [2.24, 2.45) is 0 Å². The maximum absolute atomic E-state index is 13.5. The summed E-state index contributed by atoms with van der Waals surface area (Å²) in [4.78, 5) is 29.7. The van der Waals surface area contributed by atoms with Gasteiger partial charge in [-0.3, -0.25) is 9.59 Å². The average Bonchev–Trinajstić information content (AvgIpc) is 2.82. The number of nitrogens with one attached hydrogen (secondary N) is 1. The second kappa shape index (κ2) is 9.73. The Hall–Kier alpha value is -3.54. The van der Waals surface area contributed by atoms with Gasteiger partial charge in [-0.15, -0.1) is 0 Å². The fraction of sp³-hybridized carbons (Fsp3) is 0.308. The molecule has 1 saturated heterocycles. The molecule has 4 rings (SSSR count). The number of hydrogen-bond acceptors (Lipinski definition) is 4. The lowest BCUT2D eigenvalue weighted by atomic mass is 10.0. The van der Waals surface area contributed by atoms with Crippen molar-refractivity contribution < 1.29 is 14.3 Å². The molecule has 3 aromatic rings. The summed E-state index contributed by atoms with van der Waals surface area (Å²) < 4.78 is 5.84. The Kier molecular flexibility index (Phi) is 6.59. The number of carbonyl (C=O) groups excluding carboxylic acids is 2. The molecule has 3 aromatic carbocycles. The van der Waals surface area contributed by atoms with Crippen LogP contribution < -0.4 is 15.0 Å². The number of hydrogen-bond donors (Lipinski definition) is 1. The van der Waals surface area contributed by atoms with Crippen molar-refractivity contribution in [3.8, 4) is 5.75 Å². The largest absolute Gasteiger partial charge is 0.483 e. The smallest absolute Gasteiger partial charge is 0.258 e. The minimum absolute atomic E-state index is 0.0321. The second-order valence-corrected chi connectivity index (χ2v) is 8.32. The molecule has 0 aliphatic carbocycles. The van der Waals surface area contributed by atoms with Crippen LogP contribution in [-0.2, 0) is 4.79 Å². The Balaban J connectivity index is 1.52. The third kappa shape index (κ3) is 5.02. The van der Waals surface area contributed by atoms with Gasteiger partial charge >= 0.3 is 0 Å². The number of piperazine rings is 1. The van der Waals surface area contributed by atoms with E-state index < -0.39 is 0 Å². The molecule has 2 amide bonds. The molecule has 6 nitrogen and oxygen atoms in total. The normalized spacial score (nSPS) is 14.0. The van der Waals surface area contributed by atoms with Crippen molar-refractivity contribution in [2.75, 3.05) is 37.7 Å². The molecule has 1 fully saturated rings. The zero-order chi connectivity index (χ0) is 22.5. The quantitative estimate of drug-likeness (QED) is 0.646. The van der Waals surface area contributed by atoms with Gasteiger partial charge in [0, 0.05) is 37.9 Å². The summed E-state index contributed by atoms with van der Waals surface area (Å²) in [6, 6.07) is 21.9. The highest BCUT2D eigenvalue weighted by Crippen LogP contribution is 2.28. The standard InChI is InChI=1S/C26H29N3O3/c1-19(2)27-25(30)18-32-24-17-21-9-7-6-8-20(21)16-23(24)26(31)29-14-12-28(13-15-29)22-10-4-3-5-11-22/h3-11,16-17,19H,12-15,18H2,1-2H3,(H,27,30). The summed E-state index contributed by atoms with van der Waals surface area (Å²) in [6.45, 7) is 6.49. The number of para-hydroxylation sites is 1. The molecule has 0 spiro atoms. The first-order valence-electron chi connectivity index (χ1n) is 11.1. The van der Waals surface area contributed by atoms with Gasteiger partial charge in [0.05, 0.1) is 5.56 Å². The molecule has 0 bridgehead atoms. The maximum atomic E-state index is 13.5. The van der Waals surface area contributed by atoms with Gasteiger partial charge in [-0.25, -0.2) is 0 Å². The molecule has 0 saturated carbocycles. The Bertz CT molecular complexity index is 1090. The molecule has 0 radical (unpaired) electrons. The molecule has 0 aromatic heterocycles. The minimum Gasteiger partial charge on any atom is -0.483 e. The van der Waals surface area contributed by atoms with Gasteiger partial charge in [0.15, 0.2) is 6.61 Å². The highest BCUT2D eigenvalue weighted by atomic mass is 16.5. The van der Waals surface area contributed by atoms with E-state index in [9.17, 15) is 9.59 Å². The van der Waals surface area contributed by atoms with Crippen LogP contribution >= 0.6 is 0 Å². The number of ether oxygens (including phenoxy) is 1. The number of carbonyl (C=O) groups is 2. The number of anilines is 1. The molecule has 6 heteroatoms. The summed E-state index contributed by atoms with van der Waals surface area (Å²) in [5, 5.41) is 4.76. The van der Waals surface area contributed by atoms with Crippen LogP contribution in [-0.4, -0.2) is 55.5 Å². The Morgan fingerprint density at radius 1 is 0.906 bits per heavy atom. The molecule has 166 valence electrons. The van der Waals surface area contributed by atoms with Gasteiger partial charge in [0.25, 0.3) is 11.8 Å². The molecule has 0 atom stereocenters. The first-order chi connectivity index (χ1) is 15.5. The summed E-state index contributed by atoms with van der Waals surface area (Å²) in [5.74, 6) is 0.170. The van der Waals surface area contributed by atoms with Gasteiger partial charge in [-0.1, -0.05) is 42.5 Å². The molecule has 1 aliphatic rings. The number of fused-ring (bicyclic) bond motifs is 1. The van der Waals surface area contributed by atoms with Gasteiger partial charge in [0.1, 0.15) is 5.75 Å². The van der Waals surface area contributed by atoms with E-state index >= 15 is 0 Å². The zero-order valence-corrected chi connectivity index (χ0v) is 18.6. The van der Waals surface area contributed by atoms with Gasteiger partial charge < -0.3 is 19.9 Å². The van der Waals surface area contributed by atoms with Crippen molar-refractivity contribution in [3.63, 3.8) is 0 Å². The van der Waals surface area contributed by atoms with Gasteiger partial charge in [-0.05, 0) is 48.9 Å². The predicted molar refractivity (Wildman–Crippen MR) is 127 cm³/mol. The second-order valence-electron chi connectivity index (χ2n) is 8.32. The van der Waals surface area contributed by atoms with Crippen molar-refractivity contribution >= 4 is 28.3 Å². The summed E-state index contributed by atoms with van der Waals surface area (Å²) in [6.07, 6.45) is 0. The van der Waals surface area contributed by atoms with Crippen molar-refractivity contribution in [3.05, 3.63) is 72.3 Å². The van der Waals surface area contributed by atoms with E-state index in [1.807, 2.05) is 73.3 Å². The third-order valence-corrected chi connectivity index (χ3v) is 5.57. The molecular formula is C26H29N3O3. The lowest BCUT2D eigenvalue weighted by molar-refractivity contribution is -0.123. The van der Waals surface area contributed by atoms with E-state index in [1.165, 1.54) is 5.69 Å². The van der Waals surface area contributed by atoms with Crippen LogP contribution in [0.3, 0.4) is 0 Å². The minimum atomic E-state index is -0.206. The fourth-order valence-electron chi connectivity index (χ4n) is 3.99. The number of rotatable bonds is 6. The van der Waals surface area contributed by atoms with E-state index in [0.717, 1.165) is 23.9 Å². The van der Waals surface area contributed by atoms with Crippen molar-refractivity contribution in [1.82, 2.24) is 10.2 Å². The van der Waals surface area contributed by atoms with Gasteiger partial charge in [-0.2, -0.15) is 0 Å². The monoisotopic (exact) mass is 431 g/mol. The number of nitrogens with zero attached hydrogens (tertiary/aromatic N) is 2. The Labute approximate surface area is 188 Å². The van der Waals surface area contributed by atoms with Crippen LogP contribution in [0.4, 0.5) is 5.69 Å². The van der Waals surface area contributed by atoms with Crippen LogP contribution in [0.5, 0.6) is 5.75 Å². The van der Waals surface area contributed by atoms with E-state index in [-0.39, 0.29) is 24.5 Å². The predicted octanol–water partition coefficient (Wildman–Crippen LogP) is 3.71. The SMILES string of the molecule is CC(C)NC(=O)COc1cc2ccccc2cc1C(=O)N1CCN(c2ccccc2)CC1. The van der Waals surface area contributed by atoms with E-state index in [1.54, 1.807) is 0 Å². The average molecular weight is 432 g/mol. The maximum Gasteiger partial charge on any atom is 0.258 e. The zero-order valence-electron chi connectivity index (χ0n) is 18.6. The van der Waals surface area contributed by atoms with E-state index in [4.69, 9.17) is 4.74 Å². The fourth-order valence-corrected chi connectivity index (χ4v) is 3.99. The van der Waals surface area contributed by atoms with Crippen LogP contribution in [0, 0.1) is 0 Å². The Morgan fingerprint density at radius 2 is 1.53 bits per heavy atom. The first-order valence-corrected chi connectivity index (χ1v) is 11.1. The summed E-state index contributed by atoms with van der Waals surface area (Å²) in [5.41, 5.74) is 1.67. The van der Waals surface area contributed by atoms with Crippen LogP contribution in [0.1, 0.15) is 24.2 Å². The first kappa shape index (κ1) is 21.7. The van der Waals surface area contributed by atoms with E-state index in [0.29, 0.717) is 24.4 Å². The topological polar surface area (TPSA) is 61.9 Å². The van der Waals surface area contributed by atoms with Crippen molar-refractivity contribution in [2.45, 2.75) is 19.9 Å². The highest BCUT2D eigenvalue weighted by molar-refractivity contribution is 6.02. The Morgan fingerprint density at radius 3 is 2.19 bits per heavy atom. The summed E-state index contributed by atoms with van der Waals surface area (Å²) >= 11 is 0. The van der Waals surface area contributed by atoms with Crippen LogP contribution in [0.25, 0.3) is 10.8 Å².